The summed E-state index contributed by atoms with van der Waals surface area (Å²) in [7, 11) is 3.52. The molecule has 1 rings (SSSR count). The number of likely N-dealkylation sites (N-methyl/N-ethyl adjacent to an activating group) is 1. The minimum absolute atomic E-state index is 0.129. The summed E-state index contributed by atoms with van der Waals surface area (Å²) in [6.45, 7) is 3.31. The number of hydrogen-bond acceptors (Lipinski definition) is 5. The van der Waals surface area contributed by atoms with Crippen LogP contribution in [-0.2, 0) is 16.1 Å². The molecular weight excluding hydrogens is 246 g/mol. The molecule has 0 N–H and O–H groups in total. The Morgan fingerprint density at radius 3 is 2.84 bits per heavy atom. The summed E-state index contributed by atoms with van der Waals surface area (Å²) in [6.07, 6.45) is 2.77. The van der Waals surface area contributed by atoms with E-state index < -0.39 is 0 Å². The maximum absolute atomic E-state index is 11.9. The van der Waals surface area contributed by atoms with E-state index in [1.54, 1.807) is 26.3 Å². The highest BCUT2D eigenvalue weighted by molar-refractivity contribution is 5.75. The predicted octanol–water partition coefficient (Wildman–Crippen LogP) is 0.695. The summed E-state index contributed by atoms with van der Waals surface area (Å²) in [4.78, 5) is 24.6. The molecule has 0 aliphatic heterocycles. The van der Waals surface area contributed by atoms with Crippen molar-refractivity contribution in [2.75, 3.05) is 32.2 Å². The number of ether oxygens (including phenoxy) is 1. The molecule has 1 heterocycles. The fourth-order valence-corrected chi connectivity index (χ4v) is 1.64. The summed E-state index contributed by atoms with van der Waals surface area (Å²) in [5.41, 5.74) is 0.621. The monoisotopic (exact) mass is 267 g/mol. The minimum Gasteiger partial charge on any atom is -0.383 e. The second kappa shape index (κ2) is 7.68. The van der Waals surface area contributed by atoms with Gasteiger partial charge in [0.25, 0.3) is 5.56 Å². The van der Waals surface area contributed by atoms with Gasteiger partial charge in [0.15, 0.2) is 0 Å². The molecule has 1 aromatic rings. The standard InChI is InChI=1S/C13H21N3O3/c1-11(17)5-4-6-16-13(18)9-12(10-14-16)15(2)7-8-19-3/h9-10H,4-8H2,1-3H3. The van der Waals surface area contributed by atoms with E-state index in [0.717, 1.165) is 5.69 Å². The fraction of sp³-hybridized carbons (Fsp3) is 0.615. The van der Waals surface area contributed by atoms with Gasteiger partial charge in [-0.05, 0) is 13.3 Å². The lowest BCUT2D eigenvalue weighted by Crippen LogP contribution is -2.27. The highest BCUT2D eigenvalue weighted by atomic mass is 16.5. The van der Waals surface area contributed by atoms with E-state index >= 15 is 0 Å². The number of carbonyl (C=O) groups excluding carboxylic acids is 1. The van der Waals surface area contributed by atoms with Crippen LogP contribution in [0.5, 0.6) is 0 Å². The molecule has 0 atom stereocenters. The van der Waals surface area contributed by atoms with Crippen molar-refractivity contribution in [2.24, 2.45) is 0 Å². The van der Waals surface area contributed by atoms with Crippen molar-refractivity contribution < 1.29 is 9.53 Å². The average Bonchev–Trinajstić information content (AvgIpc) is 2.37. The van der Waals surface area contributed by atoms with E-state index in [0.29, 0.717) is 32.5 Å². The number of aromatic nitrogens is 2. The van der Waals surface area contributed by atoms with Gasteiger partial charge in [0.1, 0.15) is 5.78 Å². The number of anilines is 1. The Balaban J connectivity index is 2.63. The summed E-state index contributed by atoms with van der Waals surface area (Å²) >= 11 is 0. The van der Waals surface area contributed by atoms with E-state index in [4.69, 9.17) is 4.74 Å². The molecule has 0 aliphatic carbocycles. The van der Waals surface area contributed by atoms with Gasteiger partial charge in [-0.2, -0.15) is 5.10 Å². The van der Waals surface area contributed by atoms with Gasteiger partial charge in [-0.15, -0.1) is 0 Å². The molecule has 0 unspecified atom stereocenters. The first kappa shape index (κ1) is 15.4. The van der Waals surface area contributed by atoms with E-state index in [2.05, 4.69) is 5.10 Å². The number of rotatable bonds is 8. The van der Waals surface area contributed by atoms with Gasteiger partial charge in [0.2, 0.25) is 0 Å². The molecule has 1 aromatic heterocycles. The molecule has 106 valence electrons. The van der Waals surface area contributed by atoms with Gasteiger partial charge < -0.3 is 14.4 Å². The quantitative estimate of drug-likeness (QED) is 0.693. The predicted molar refractivity (Wildman–Crippen MR) is 73.6 cm³/mol. The van der Waals surface area contributed by atoms with Crippen molar-refractivity contribution >= 4 is 11.5 Å². The lowest BCUT2D eigenvalue weighted by Gasteiger charge is -2.18. The van der Waals surface area contributed by atoms with Crippen LogP contribution in [0.4, 0.5) is 5.69 Å². The van der Waals surface area contributed by atoms with Crippen LogP contribution in [-0.4, -0.2) is 42.9 Å². The lowest BCUT2D eigenvalue weighted by molar-refractivity contribution is -0.117. The van der Waals surface area contributed by atoms with Crippen LogP contribution in [0, 0.1) is 0 Å². The van der Waals surface area contributed by atoms with E-state index in [9.17, 15) is 9.59 Å². The van der Waals surface area contributed by atoms with Gasteiger partial charge >= 0.3 is 0 Å². The van der Waals surface area contributed by atoms with Crippen molar-refractivity contribution in [3.8, 4) is 0 Å². The molecule has 0 radical (unpaired) electrons. The zero-order valence-electron chi connectivity index (χ0n) is 11.8. The Morgan fingerprint density at radius 1 is 1.53 bits per heavy atom. The first-order chi connectivity index (χ1) is 9.04. The Bertz CT molecular complexity index is 470. The largest absolute Gasteiger partial charge is 0.383 e. The summed E-state index contributed by atoms with van der Waals surface area (Å²) in [5, 5.41) is 4.11. The maximum Gasteiger partial charge on any atom is 0.268 e. The highest BCUT2D eigenvalue weighted by Crippen LogP contribution is 2.06. The molecule has 0 spiro atoms. The Morgan fingerprint density at radius 2 is 2.26 bits per heavy atom. The number of nitrogens with zero attached hydrogens (tertiary/aromatic N) is 3. The fourth-order valence-electron chi connectivity index (χ4n) is 1.64. The molecule has 0 saturated heterocycles. The number of methoxy groups -OCH3 is 1. The number of hydrogen-bond donors (Lipinski definition) is 0. The van der Waals surface area contributed by atoms with Crippen molar-refractivity contribution in [3.63, 3.8) is 0 Å². The molecule has 0 bridgehead atoms. The van der Waals surface area contributed by atoms with Gasteiger partial charge in [0.05, 0.1) is 18.5 Å². The Kier molecular flexibility index (Phi) is 6.21. The van der Waals surface area contributed by atoms with Gasteiger partial charge in [-0.25, -0.2) is 4.68 Å². The first-order valence-corrected chi connectivity index (χ1v) is 6.31. The molecule has 0 saturated carbocycles. The molecule has 19 heavy (non-hydrogen) atoms. The van der Waals surface area contributed by atoms with Gasteiger partial charge in [-0.1, -0.05) is 0 Å². The highest BCUT2D eigenvalue weighted by Gasteiger charge is 2.05. The topological polar surface area (TPSA) is 64.4 Å². The second-order valence-electron chi connectivity index (χ2n) is 4.50. The third-order valence-electron chi connectivity index (χ3n) is 2.83. The maximum atomic E-state index is 11.9. The molecule has 0 fully saturated rings. The van der Waals surface area contributed by atoms with Crippen LogP contribution < -0.4 is 10.5 Å². The van der Waals surface area contributed by atoms with Crippen LogP contribution in [0.3, 0.4) is 0 Å². The van der Waals surface area contributed by atoms with Crippen LogP contribution in [0.1, 0.15) is 19.8 Å². The normalized spacial score (nSPS) is 10.5. The Labute approximate surface area is 113 Å². The van der Waals surface area contributed by atoms with E-state index in [1.807, 2.05) is 11.9 Å². The van der Waals surface area contributed by atoms with E-state index in [-0.39, 0.29) is 11.3 Å². The molecular formula is C13H21N3O3. The van der Waals surface area contributed by atoms with Crippen molar-refractivity contribution in [1.82, 2.24) is 9.78 Å². The molecule has 6 nitrogen and oxygen atoms in total. The number of Topliss-reactive ketones (excluding diaryl/α,β-unsaturated/α-hetero) is 1. The van der Waals surface area contributed by atoms with Gasteiger partial charge in [-0.3, -0.25) is 4.79 Å². The molecule has 6 heteroatoms. The molecule has 0 aliphatic rings. The number of ketones is 1. The lowest BCUT2D eigenvalue weighted by atomic mass is 10.2. The Hall–Kier alpha value is -1.69. The molecule has 0 aromatic carbocycles. The zero-order valence-corrected chi connectivity index (χ0v) is 11.8. The van der Waals surface area contributed by atoms with Crippen LogP contribution in [0.2, 0.25) is 0 Å². The first-order valence-electron chi connectivity index (χ1n) is 6.31. The van der Waals surface area contributed by atoms with Crippen LogP contribution >= 0.6 is 0 Å². The van der Waals surface area contributed by atoms with Gasteiger partial charge in [0, 0.05) is 39.7 Å². The zero-order chi connectivity index (χ0) is 14.3. The molecule has 0 amide bonds. The number of carbonyl (C=O) groups is 1. The second-order valence-corrected chi connectivity index (χ2v) is 4.50. The van der Waals surface area contributed by atoms with Crippen molar-refractivity contribution in [3.05, 3.63) is 22.6 Å². The minimum atomic E-state index is -0.148. The number of aryl methyl sites for hydroxylation is 1. The summed E-state index contributed by atoms with van der Waals surface area (Å²) < 4.78 is 6.37. The van der Waals surface area contributed by atoms with Crippen molar-refractivity contribution in [1.29, 1.82) is 0 Å². The average molecular weight is 267 g/mol. The SMILES string of the molecule is COCCN(C)c1cnn(CCCC(C)=O)c(=O)c1. The smallest absolute Gasteiger partial charge is 0.268 e. The van der Waals surface area contributed by atoms with Crippen LogP contribution in [0.15, 0.2) is 17.1 Å². The van der Waals surface area contributed by atoms with Crippen LogP contribution in [0.25, 0.3) is 0 Å². The summed E-state index contributed by atoms with van der Waals surface area (Å²) in [6, 6.07) is 1.55. The van der Waals surface area contributed by atoms with Crippen molar-refractivity contribution in [2.45, 2.75) is 26.3 Å². The third-order valence-corrected chi connectivity index (χ3v) is 2.83. The third kappa shape index (κ3) is 5.21. The van der Waals surface area contributed by atoms with E-state index in [1.165, 1.54) is 4.68 Å². The summed E-state index contributed by atoms with van der Waals surface area (Å²) in [5.74, 6) is 0.129.